The summed E-state index contributed by atoms with van der Waals surface area (Å²) in [6.45, 7) is 7.21. The predicted molar refractivity (Wildman–Crippen MR) is 148 cm³/mol. The summed E-state index contributed by atoms with van der Waals surface area (Å²) in [4.78, 5) is 12.5. The number of nitrogens with zero attached hydrogens (tertiary/aromatic N) is 3. The molecule has 6 rings (SSSR count). The van der Waals surface area contributed by atoms with Crippen molar-refractivity contribution in [1.82, 2.24) is 15.0 Å². The van der Waals surface area contributed by atoms with Crippen LogP contribution in [0.5, 0.6) is 17.2 Å². The Morgan fingerprint density at radius 1 is 0.475 bits per heavy atom. The summed E-state index contributed by atoms with van der Waals surface area (Å²) < 4.78 is 0. The molecule has 0 aliphatic rings. The van der Waals surface area contributed by atoms with Crippen LogP contribution in [0.2, 0.25) is 0 Å². The minimum atomic E-state index is -0.00352. The molecule has 204 valence electrons. The second-order valence-corrected chi connectivity index (χ2v) is 8.63. The average Bonchev–Trinajstić information content (AvgIpc) is 2.92. The topological polar surface area (TPSA) is 131 Å². The van der Waals surface area contributed by atoms with Crippen LogP contribution >= 0.6 is 0 Å². The Morgan fingerprint density at radius 3 is 0.975 bits per heavy atom. The van der Waals surface area contributed by atoms with Crippen molar-refractivity contribution in [2.75, 3.05) is 6.61 Å². The van der Waals surface area contributed by atoms with Crippen molar-refractivity contribution in [1.29, 1.82) is 0 Å². The van der Waals surface area contributed by atoms with Crippen molar-refractivity contribution < 1.29 is 42.1 Å². The summed E-state index contributed by atoms with van der Waals surface area (Å²) in [6, 6.07) is 27.0. The van der Waals surface area contributed by atoms with Gasteiger partial charge in [-0.25, -0.2) is 0 Å². The Kier molecular flexibility index (Phi) is 12.5. The first-order chi connectivity index (χ1) is 18.7. The van der Waals surface area contributed by atoms with Crippen molar-refractivity contribution in [2.24, 2.45) is 0 Å². The molecule has 3 aromatic heterocycles. The second kappa shape index (κ2) is 15.5. The van der Waals surface area contributed by atoms with Gasteiger partial charge < -0.3 is 20.4 Å². The van der Waals surface area contributed by atoms with Gasteiger partial charge >= 0.3 is 0 Å². The maximum atomic E-state index is 11.3. The zero-order valence-corrected chi connectivity index (χ0v) is 24.4. The number of aryl methyl sites for hydroxylation is 3. The standard InChI is InChI=1S/3C10H9NO.C2H5O.Ti/c3*1-7-5-6-8-3-2-4-9(12)10(8)11-7;1-2-3;/h3*2-6,12H,1H3;2H2,1H3;/q;;;-1;/p-3. The molecule has 7 nitrogen and oxygen atoms in total. The van der Waals surface area contributed by atoms with E-state index in [1.54, 1.807) is 25.1 Å². The van der Waals surface area contributed by atoms with Crippen molar-refractivity contribution in [3.63, 3.8) is 0 Å². The van der Waals surface area contributed by atoms with Gasteiger partial charge in [0.15, 0.2) is 0 Å². The van der Waals surface area contributed by atoms with E-state index in [0.717, 1.165) is 33.2 Å². The number of pyridine rings is 3. The van der Waals surface area contributed by atoms with Gasteiger partial charge in [-0.3, -0.25) is 15.0 Å². The smallest absolute Gasteiger partial charge is 0.0626 e. The molecule has 0 unspecified atom stereocenters. The maximum absolute atomic E-state index is 11.3. The summed E-state index contributed by atoms with van der Waals surface area (Å²) in [5.41, 5.74) is 4.34. The van der Waals surface area contributed by atoms with Gasteiger partial charge in [0.25, 0.3) is 0 Å². The molecule has 0 amide bonds. The number of hydrogen-bond donors (Lipinski definition) is 0. The number of rotatable bonds is 0. The fourth-order valence-electron chi connectivity index (χ4n) is 3.65. The van der Waals surface area contributed by atoms with Gasteiger partial charge in [0.1, 0.15) is 0 Å². The van der Waals surface area contributed by atoms with Gasteiger partial charge in [-0.05, 0) is 55.1 Å². The van der Waals surface area contributed by atoms with Crippen molar-refractivity contribution in [3.8, 4) is 17.2 Å². The molecule has 8 heteroatoms. The quantitative estimate of drug-likeness (QED) is 0.251. The molecule has 0 aliphatic carbocycles. The molecule has 0 fully saturated rings. The number of hydrogen-bond acceptors (Lipinski definition) is 7. The van der Waals surface area contributed by atoms with Crippen molar-refractivity contribution >= 4 is 32.7 Å². The first-order valence-corrected chi connectivity index (χ1v) is 12.4. The van der Waals surface area contributed by atoms with Gasteiger partial charge in [0.05, 0.1) is 16.6 Å². The van der Waals surface area contributed by atoms with Crippen LogP contribution in [0.3, 0.4) is 0 Å². The van der Waals surface area contributed by atoms with Crippen molar-refractivity contribution in [3.05, 3.63) is 108 Å². The summed E-state index contributed by atoms with van der Waals surface area (Å²) in [7, 11) is 0. The monoisotopic (exact) mass is 567 g/mol. The van der Waals surface area contributed by atoms with Gasteiger partial charge in [0, 0.05) is 38.8 Å². The van der Waals surface area contributed by atoms with Crippen molar-refractivity contribution in [2.45, 2.75) is 27.7 Å². The van der Waals surface area contributed by atoms with Crippen LogP contribution in [0.15, 0.2) is 91.0 Å². The Labute approximate surface area is 248 Å². The summed E-state index contributed by atoms with van der Waals surface area (Å²) in [5, 5.41) is 45.5. The van der Waals surface area contributed by atoms with E-state index >= 15 is 0 Å². The Morgan fingerprint density at radius 2 is 0.725 bits per heavy atom. The molecule has 3 aromatic carbocycles. The Bertz CT molecular complexity index is 1490. The predicted octanol–water partition coefficient (Wildman–Crippen LogP) is 4.21. The van der Waals surface area contributed by atoms with Gasteiger partial charge in [-0.2, -0.15) is 0 Å². The van der Waals surface area contributed by atoms with E-state index in [1.165, 1.54) is 18.2 Å². The first-order valence-electron chi connectivity index (χ1n) is 12.4. The van der Waals surface area contributed by atoms with Crippen LogP contribution in [0, 0.1) is 20.8 Å². The van der Waals surface area contributed by atoms with E-state index in [4.69, 9.17) is 5.11 Å². The van der Waals surface area contributed by atoms with E-state index in [9.17, 15) is 15.3 Å². The molecule has 0 radical (unpaired) electrons. The molecule has 6 aromatic rings. The summed E-state index contributed by atoms with van der Waals surface area (Å²) >= 11 is 0. The van der Waals surface area contributed by atoms with Gasteiger partial charge in [-0.1, -0.05) is 97.0 Å². The molecule has 0 atom stereocenters. The third kappa shape index (κ3) is 8.75. The third-order valence-corrected chi connectivity index (χ3v) is 5.47. The average molecular weight is 567 g/mol. The first kappa shape index (κ1) is 32.2. The number of benzene rings is 3. The maximum Gasteiger partial charge on any atom is 0.0626 e. The molecule has 0 N–H and O–H groups in total. The van der Waals surface area contributed by atoms with E-state index in [1.807, 2.05) is 75.4 Å². The molecule has 0 aliphatic heterocycles. The largest absolute Gasteiger partial charge is 0.871 e. The van der Waals surface area contributed by atoms with Crippen LogP contribution in [-0.4, -0.2) is 21.6 Å². The molecular formula is C32H29N3O4Ti-4. The molecule has 0 spiro atoms. The molecule has 0 bridgehead atoms. The van der Waals surface area contributed by atoms with E-state index in [-0.39, 0.29) is 45.6 Å². The fraction of sp³-hybridized carbons (Fsp3) is 0.156. The van der Waals surface area contributed by atoms with Gasteiger partial charge in [0.2, 0.25) is 0 Å². The molecular weight excluding hydrogens is 538 g/mol. The van der Waals surface area contributed by atoms with Crippen LogP contribution in [-0.2, 0) is 21.7 Å². The Hall–Kier alpha value is -4.04. The van der Waals surface area contributed by atoms with Crippen LogP contribution in [0.1, 0.15) is 24.0 Å². The fourth-order valence-corrected chi connectivity index (χ4v) is 3.65. The second-order valence-electron chi connectivity index (χ2n) is 8.63. The molecule has 0 saturated heterocycles. The SMILES string of the molecule is CC[O-].Cc1ccc2cccc([O-])c2n1.Cc1ccc2cccc([O-])c2n1.Cc1ccc2cccc([O-])c2n1.[Ti]. The minimum absolute atomic E-state index is 0. The number of fused-ring (bicyclic) bond motifs is 3. The molecule has 3 heterocycles. The van der Waals surface area contributed by atoms with Crippen LogP contribution < -0.4 is 20.4 Å². The minimum Gasteiger partial charge on any atom is -0.871 e. The Balaban J connectivity index is 0.000000198. The zero-order chi connectivity index (χ0) is 28.4. The van der Waals surface area contributed by atoms with Crippen LogP contribution in [0.4, 0.5) is 0 Å². The van der Waals surface area contributed by atoms with Crippen LogP contribution in [0.25, 0.3) is 32.7 Å². The third-order valence-electron chi connectivity index (χ3n) is 5.47. The van der Waals surface area contributed by atoms with Gasteiger partial charge in [-0.15, -0.1) is 6.61 Å². The van der Waals surface area contributed by atoms with E-state index in [2.05, 4.69) is 15.0 Å². The molecule has 40 heavy (non-hydrogen) atoms. The number of aromatic nitrogens is 3. The molecule has 0 saturated carbocycles. The summed E-state index contributed by atoms with van der Waals surface area (Å²) in [6.07, 6.45) is 0. The van der Waals surface area contributed by atoms with E-state index in [0.29, 0.717) is 16.6 Å². The zero-order valence-electron chi connectivity index (χ0n) is 22.8. The number of para-hydroxylation sites is 3. The van der Waals surface area contributed by atoms with E-state index < -0.39 is 0 Å². The normalized spacial score (nSPS) is 9.82. The summed E-state index contributed by atoms with van der Waals surface area (Å²) in [5.74, 6) is -0.0106.